The van der Waals surface area contributed by atoms with Gasteiger partial charge in [-0.25, -0.2) is 4.98 Å². The van der Waals surface area contributed by atoms with E-state index in [1.807, 2.05) is 13.0 Å². The van der Waals surface area contributed by atoms with Crippen molar-refractivity contribution in [2.75, 3.05) is 13.1 Å². The van der Waals surface area contributed by atoms with Crippen molar-refractivity contribution < 1.29 is 4.79 Å². The van der Waals surface area contributed by atoms with Gasteiger partial charge >= 0.3 is 0 Å². The molecule has 1 atom stereocenters. The van der Waals surface area contributed by atoms with Crippen LogP contribution in [0.4, 0.5) is 0 Å². The lowest BCUT2D eigenvalue weighted by Gasteiger charge is -2.34. The molecule has 1 saturated heterocycles. The molecule has 0 saturated carbocycles. The number of carbonyl (C=O) groups is 1. The van der Waals surface area contributed by atoms with Gasteiger partial charge in [0.15, 0.2) is 0 Å². The number of carbonyl (C=O) groups excluding carboxylic acids is 1. The topological polar surface area (TPSA) is 61.0 Å². The Kier molecular flexibility index (Phi) is 4.90. The van der Waals surface area contributed by atoms with Gasteiger partial charge in [-0.15, -0.1) is 0 Å². The predicted octanol–water partition coefficient (Wildman–Crippen LogP) is 3.17. The van der Waals surface area contributed by atoms with Crippen molar-refractivity contribution in [1.29, 1.82) is 0 Å². The molecule has 130 valence electrons. The van der Waals surface area contributed by atoms with Gasteiger partial charge in [0.05, 0.1) is 17.1 Å². The van der Waals surface area contributed by atoms with Crippen molar-refractivity contribution in [3.8, 4) is 0 Å². The number of likely N-dealkylation sites (tertiary alicyclic amines) is 1. The van der Waals surface area contributed by atoms with Gasteiger partial charge in [-0.05, 0) is 71.3 Å². The fourth-order valence-corrected chi connectivity index (χ4v) is 3.43. The van der Waals surface area contributed by atoms with E-state index in [1.165, 1.54) is 5.56 Å². The molecule has 0 radical (unpaired) electrons. The molecule has 5 nitrogen and oxygen atoms in total. The minimum atomic E-state index is -0.103. The van der Waals surface area contributed by atoms with Crippen molar-refractivity contribution in [3.05, 3.63) is 29.6 Å². The minimum Gasteiger partial charge on any atom is -0.346 e. The van der Waals surface area contributed by atoms with Crippen LogP contribution in [0.3, 0.4) is 0 Å². The van der Waals surface area contributed by atoms with Gasteiger partial charge in [0.25, 0.3) is 0 Å². The van der Waals surface area contributed by atoms with E-state index >= 15 is 0 Å². The summed E-state index contributed by atoms with van der Waals surface area (Å²) in [4.78, 5) is 22.9. The third-order valence-corrected chi connectivity index (χ3v) is 5.06. The summed E-state index contributed by atoms with van der Waals surface area (Å²) in [6.07, 6.45) is 1.88. The molecule has 1 unspecified atom stereocenters. The molecule has 24 heavy (non-hydrogen) atoms. The molecule has 1 aliphatic rings. The lowest BCUT2D eigenvalue weighted by Crippen LogP contribution is -2.43. The van der Waals surface area contributed by atoms with Crippen molar-refractivity contribution in [2.45, 2.75) is 52.6 Å². The number of rotatable bonds is 4. The number of aromatic amines is 1. The van der Waals surface area contributed by atoms with E-state index in [-0.39, 0.29) is 17.9 Å². The Morgan fingerprint density at radius 1 is 1.29 bits per heavy atom. The van der Waals surface area contributed by atoms with E-state index in [2.05, 4.69) is 53.1 Å². The van der Waals surface area contributed by atoms with Crippen LogP contribution in [0.2, 0.25) is 0 Å². The molecule has 2 N–H and O–H groups in total. The Labute approximate surface area is 143 Å². The van der Waals surface area contributed by atoms with E-state index in [4.69, 9.17) is 0 Å². The Hall–Kier alpha value is -1.88. The van der Waals surface area contributed by atoms with Crippen molar-refractivity contribution in [2.24, 2.45) is 5.92 Å². The fourth-order valence-electron chi connectivity index (χ4n) is 3.43. The Balaban J connectivity index is 1.61. The van der Waals surface area contributed by atoms with Crippen LogP contribution in [-0.4, -0.2) is 39.9 Å². The maximum atomic E-state index is 12.6. The largest absolute Gasteiger partial charge is 0.346 e. The van der Waals surface area contributed by atoms with E-state index in [0.29, 0.717) is 6.04 Å². The highest BCUT2D eigenvalue weighted by Crippen LogP contribution is 2.21. The van der Waals surface area contributed by atoms with Gasteiger partial charge in [-0.1, -0.05) is 6.07 Å². The zero-order valence-electron chi connectivity index (χ0n) is 15.1. The molecule has 3 rings (SSSR count). The highest BCUT2D eigenvalue weighted by molar-refractivity contribution is 5.79. The zero-order valence-corrected chi connectivity index (χ0v) is 15.1. The summed E-state index contributed by atoms with van der Waals surface area (Å²) in [5.74, 6) is 1.10. The lowest BCUT2D eigenvalue weighted by molar-refractivity contribution is -0.127. The molecule has 1 fully saturated rings. The number of hydrogen-bond acceptors (Lipinski definition) is 3. The van der Waals surface area contributed by atoms with E-state index < -0.39 is 0 Å². The second-order valence-electron chi connectivity index (χ2n) is 7.28. The summed E-state index contributed by atoms with van der Waals surface area (Å²) in [5.41, 5.74) is 3.17. The molecule has 0 bridgehead atoms. The number of amides is 1. The number of nitrogens with zero attached hydrogens (tertiary/aromatic N) is 2. The summed E-state index contributed by atoms with van der Waals surface area (Å²) < 4.78 is 0. The molecule has 1 aromatic carbocycles. The number of imidazole rings is 1. The van der Waals surface area contributed by atoms with Gasteiger partial charge in [0.1, 0.15) is 5.82 Å². The van der Waals surface area contributed by atoms with Crippen LogP contribution in [-0.2, 0) is 4.79 Å². The average Bonchev–Trinajstić information content (AvgIpc) is 2.98. The third kappa shape index (κ3) is 3.61. The predicted molar refractivity (Wildman–Crippen MR) is 96.8 cm³/mol. The Bertz CT molecular complexity index is 713. The lowest BCUT2D eigenvalue weighted by atomic mass is 9.95. The van der Waals surface area contributed by atoms with Gasteiger partial charge in [-0.3, -0.25) is 4.79 Å². The van der Waals surface area contributed by atoms with Crippen LogP contribution in [0, 0.1) is 12.8 Å². The second-order valence-corrected chi connectivity index (χ2v) is 7.28. The van der Waals surface area contributed by atoms with E-state index in [0.717, 1.165) is 42.8 Å². The molecule has 1 aliphatic heterocycles. The van der Waals surface area contributed by atoms with Crippen LogP contribution in [0.1, 0.15) is 51.0 Å². The molecule has 0 aliphatic carbocycles. The fraction of sp³-hybridized carbons (Fsp3) is 0.579. The van der Waals surface area contributed by atoms with Crippen LogP contribution in [0.5, 0.6) is 0 Å². The molecule has 2 aromatic rings. The zero-order chi connectivity index (χ0) is 17.3. The Morgan fingerprint density at radius 2 is 2.00 bits per heavy atom. The minimum absolute atomic E-state index is 0.103. The van der Waals surface area contributed by atoms with Crippen LogP contribution in [0.15, 0.2) is 18.2 Å². The van der Waals surface area contributed by atoms with Gasteiger partial charge < -0.3 is 15.2 Å². The number of hydrogen-bond donors (Lipinski definition) is 2. The summed E-state index contributed by atoms with van der Waals surface area (Å²) in [6.45, 7) is 10.5. The van der Waals surface area contributed by atoms with Gasteiger partial charge in [-0.2, -0.15) is 0 Å². The molecule has 0 spiro atoms. The number of benzene rings is 1. The summed E-state index contributed by atoms with van der Waals surface area (Å²) >= 11 is 0. The smallest absolute Gasteiger partial charge is 0.223 e. The normalized spacial score (nSPS) is 18.2. The summed E-state index contributed by atoms with van der Waals surface area (Å²) in [7, 11) is 0. The summed E-state index contributed by atoms with van der Waals surface area (Å²) in [5, 5.41) is 3.13. The first-order valence-electron chi connectivity index (χ1n) is 8.94. The summed E-state index contributed by atoms with van der Waals surface area (Å²) in [6, 6.07) is 6.61. The number of nitrogens with one attached hydrogen (secondary N) is 2. The maximum Gasteiger partial charge on any atom is 0.223 e. The number of aryl methyl sites for hydroxylation is 1. The first-order valence-corrected chi connectivity index (χ1v) is 8.94. The molecule has 2 heterocycles. The standard InChI is InChI=1S/C19H28N4O/c1-12(2)23-9-7-15(8-10-23)19(24)20-14(4)18-21-16-6-5-13(3)11-17(16)22-18/h5-6,11-12,14-15H,7-10H2,1-4H3,(H,20,24)(H,21,22). The van der Waals surface area contributed by atoms with Crippen molar-refractivity contribution in [3.63, 3.8) is 0 Å². The van der Waals surface area contributed by atoms with Crippen LogP contribution < -0.4 is 5.32 Å². The monoisotopic (exact) mass is 328 g/mol. The number of piperidine rings is 1. The SMILES string of the molecule is Cc1ccc2nc(C(C)NC(=O)C3CCN(C(C)C)CC3)[nH]c2c1. The molecule has 5 heteroatoms. The number of aromatic nitrogens is 2. The highest BCUT2D eigenvalue weighted by atomic mass is 16.1. The molecular formula is C19H28N4O. The maximum absolute atomic E-state index is 12.6. The quantitative estimate of drug-likeness (QED) is 0.906. The first kappa shape index (κ1) is 17.0. The van der Waals surface area contributed by atoms with E-state index in [9.17, 15) is 4.79 Å². The Morgan fingerprint density at radius 3 is 2.67 bits per heavy atom. The van der Waals surface area contributed by atoms with Gasteiger partial charge in [0.2, 0.25) is 5.91 Å². The van der Waals surface area contributed by atoms with Gasteiger partial charge in [0, 0.05) is 12.0 Å². The van der Waals surface area contributed by atoms with Crippen molar-refractivity contribution in [1.82, 2.24) is 20.2 Å². The van der Waals surface area contributed by atoms with Crippen LogP contribution in [0.25, 0.3) is 11.0 Å². The number of H-pyrrole nitrogens is 1. The molecule has 1 aromatic heterocycles. The molecular weight excluding hydrogens is 300 g/mol. The van der Waals surface area contributed by atoms with E-state index in [1.54, 1.807) is 0 Å². The van der Waals surface area contributed by atoms with Crippen molar-refractivity contribution >= 4 is 16.9 Å². The third-order valence-electron chi connectivity index (χ3n) is 5.06. The average molecular weight is 328 g/mol. The van der Waals surface area contributed by atoms with Crippen LogP contribution >= 0.6 is 0 Å². The second kappa shape index (κ2) is 6.93. The molecule has 1 amide bonds. The highest BCUT2D eigenvalue weighted by Gasteiger charge is 2.27. The number of fused-ring (bicyclic) bond motifs is 1. The first-order chi connectivity index (χ1) is 11.4.